The zero-order valence-electron chi connectivity index (χ0n) is 16.3. The molecule has 3 rings (SSSR count). The first-order valence-corrected chi connectivity index (χ1v) is 9.28. The molecule has 0 unspecified atom stereocenters. The highest BCUT2D eigenvalue weighted by Gasteiger charge is 2.16. The van der Waals surface area contributed by atoms with Gasteiger partial charge in [-0.2, -0.15) is 0 Å². The van der Waals surface area contributed by atoms with Gasteiger partial charge in [-0.15, -0.1) is 0 Å². The van der Waals surface area contributed by atoms with Crippen LogP contribution in [0, 0.1) is 0 Å². The minimum absolute atomic E-state index is 0.147. The third kappa shape index (κ3) is 3.86. The molecule has 3 aromatic rings. The van der Waals surface area contributed by atoms with Crippen molar-refractivity contribution in [1.82, 2.24) is 4.57 Å². The summed E-state index contributed by atoms with van der Waals surface area (Å²) < 4.78 is 12.6. The van der Waals surface area contributed by atoms with Crippen molar-refractivity contribution in [3.05, 3.63) is 65.0 Å². The molecule has 146 valence electrons. The number of para-hydroxylation sites is 1. The predicted molar refractivity (Wildman–Crippen MR) is 110 cm³/mol. The number of amides is 1. The molecule has 0 radical (unpaired) electrons. The summed E-state index contributed by atoms with van der Waals surface area (Å²) in [6.07, 6.45) is 0. The minimum atomic E-state index is -0.184. The van der Waals surface area contributed by atoms with Crippen molar-refractivity contribution in [2.24, 2.45) is 0 Å². The zero-order valence-corrected chi connectivity index (χ0v) is 16.3. The Morgan fingerprint density at radius 2 is 1.79 bits per heavy atom. The van der Waals surface area contributed by atoms with Crippen LogP contribution in [0.3, 0.4) is 0 Å². The lowest BCUT2D eigenvalue weighted by Crippen LogP contribution is -2.35. The molecule has 2 aromatic carbocycles. The fraction of sp³-hybridized carbons (Fsp3) is 0.273. The molecule has 0 spiro atoms. The lowest BCUT2D eigenvalue weighted by molar-refractivity contribution is -0.120. The van der Waals surface area contributed by atoms with E-state index in [9.17, 15) is 9.59 Å². The van der Waals surface area contributed by atoms with Crippen LogP contribution in [0.1, 0.15) is 13.8 Å². The fourth-order valence-electron chi connectivity index (χ4n) is 3.23. The summed E-state index contributed by atoms with van der Waals surface area (Å²) in [6.45, 7) is 4.75. The van der Waals surface area contributed by atoms with E-state index in [1.54, 1.807) is 16.6 Å². The van der Waals surface area contributed by atoms with Crippen molar-refractivity contribution in [3.8, 4) is 11.5 Å². The van der Waals surface area contributed by atoms with E-state index >= 15 is 0 Å². The number of rotatable bonds is 7. The second-order valence-corrected chi connectivity index (χ2v) is 6.23. The van der Waals surface area contributed by atoms with Crippen LogP contribution in [-0.4, -0.2) is 30.7 Å². The lowest BCUT2D eigenvalue weighted by atomic mass is 10.2. The van der Waals surface area contributed by atoms with E-state index in [1.807, 2.05) is 62.4 Å². The molecule has 6 heteroatoms. The average Bonchev–Trinajstić information content (AvgIpc) is 2.73. The van der Waals surface area contributed by atoms with Gasteiger partial charge in [0.1, 0.15) is 11.5 Å². The maximum Gasteiger partial charge on any atom is 0.264 e. The van der Waals surface area contributed by atoms with E-state index in [0.717, 1.165) is 22.3 Å². The second kappa shape index (κ2) is 8.61. The Morgan fingerprint density at radius 1 is 1.07 bits per heavy atom. The molecule has 0 aliphatic carbocycles. The number of carbonyl (C=O) groups excluding carboxylic acids is 1. The summed E-state index contributed by atoms with van der Waals surface area (Å²) >= 11 is 0. The smallest absolute Gasteiger partial charge is 0.264 e. The van der Waals surface area contributed by atoms with Gasteiger partial charge in [0.05, 0.1) is 12.6 Å². The van der Waals surface area contributed by atoms with Gasteiger partial charge >= 0.3 is 0 Å². The van der Waals surface area contributed by atoms with Crippen molar-refractivity contribution >= 4 is 22.5 Å². The lowest BCUT2D eigenvalue weighted by Gasteiger charge is -2.22. The maximum atomic E-state index is 12.7. The van der Waals surface area contributed by atoms with Gasteiger partial charge in [-0.1, -0.05) is 12.1 Å². The first kappa shape index (κ1) is 19.5. The predicted octanol–water partition coefficient (Wildman–Crippen LogP) is 3.46. The molecule has 0 saturated heterocycles. The standard InChI is InChI=1S/C22H24N2O4/c1-4-23(16-10-12-17(27-3)13-11-16)22(26)15-28-20-14-21(25)24(5-2)19-9-7-6-8-18(19)20/h6-14H,4-5,15H2,1-3H3. The normalized spacial score (nSPS) is 10.7. The van der Waals surface area contributed by atoms with Gasteiger partial charge in [0, 0.05) is 30.2 Å². The quantitative estimate of drug-likeness (QED) is 0.630. The van der Waals surface area contributed by atoms with E-state index in [-0.39, 0.29) is 18.1 Å². The third-order valence-electron chi connectivity index (χ3n) is 4.65. The summed E-state index contributed by atoms with van der Waals surface area (Å²) in [5.74, 6) is 0.965. The van der Waals surface area contributed by atoms with Gasteiger partial charge < -0.3 is 18.9 Å². The number of aryl methyl sites for hydroxylation is 1. The van der Waals surface area contributed by atoms with Crippen LogP contribution in [0.4, 0.5) is 5.69 Å². The molecule has 0 atom stereocenters. The molecular weight excluding hydrogens is 356 g/mol. The van der Waals surface area contributed by atoms with Crippen molar-refractivity contribution in [2.45, 2.75) is 20.4 Å². The average molecular weight is 380 g/mol. The van der Waals surface area contributed by atoms with Crippen molar-refractivity contribution in [3.63, 3.8) is 0 Å². The highest BCUT2D eigenvalue weighted by Crippen LogP contribution is 2.24. The molecule has 0 bridgehead atoms. The van der Waals surface area contributed by atoms with Crippen molar-refractivity contribution in [2.75, 3.05) is 25.2 Å². The van der Waals surface area contributed by atoms with Crippen LogP contribution >= 0.6 is 0 Å². The Kier molecular flexibility index (Phi) is 5.99. The van der Waals surface area contributed by atoms with Gasteiger partial charge in [0.2, 0.25) is 0 Å². The molecule has 0 N–H and O–H groups in total. The van der Waals surface area contributed by atoms with Crippen LogP contribution in [0.25, 0.3) is 10.9 Å². The van der Waals surface area contributed by atoms with Crippen molar-refractivity contribution < 1.29 is 14.3 Å². The SMILES string of the molecule is CCN(C(=O)COc1cc(=O)n(CC)c2ccccc12)c1ccc(OC)cc1. The third-order valence-corrected chi connectivity index (χ3v) is 4.65. The zero-order chi connectivity index (χ0) is 20.1. The largest absolute Gasteiger partial charge is 0.497 e. The maximum absolute atomic E-state index is 12.7. The molecule has 6 nitrogen and oxygen atoms in total. The van der Waals surface area contributed by atoms with Gasteiger partial charge in [0.25, 0.3) is 11.5 Å². The van der Waals surface area contributed by atoms with E-state index in [0.29, 0.717) is 18.8 Å². The number of likely N-dealkylation sites (N-methyl/N-ethyl adjacent to an activating group) is 1. The number of pyridine rings is 1. The molecule has 0 saturated carbocycles. The second-order valence-electron chi connectivity index (χ2n) is 6.23. The minimum Gasteiger partial charge on any atom is -0.497 e. The van der Waals surface area contributed by atoms with E-state index in [2.05, 4.69) is 0 Å². The molecular formula is C22H24N2O4. The Bertz CT molecular complexity index is 1020. The molecule has 1 amide bonds. The number of methoxy groups -OCH3 is 1. The Hall–Kier alpha value is -3.28. The molecule has 0 aliphatic rings. The molecule has 1 heterocycles. The number of hydrogen-bond donors (Lipinski definition) is 0. The van der Waals surface area contributed by atoms with Crippen molar-refractivity contribution in [1.29, 1.82) is 0 Å². The highest BCUT2D eigenvalue weighted by molar-refractivity contribution is 5.95. The molecule has 0 fully saturated rings. The summed E-state index contributed by atoms with van der Waals surface area (Å²) in [7, 11) is 1.60. The Balaban J connectivity index is 1.82. The van der Waals surface area contributed by atoms with Crippen LogP contribution in [-0.2, 0) is 11.3 Å². The number of hydrogen-bond acceptors (Lipinski definition) is 4. The first-order chi connectivity index (χ1) is 13.6. The fourth-order valence-corrected chi connectivity index (χ4v) is 3.23. The van der Waals surface area contributed by atoms with Crippen LogP contribution in [0.15, 0.2) is 59.4 Å². The topological polar surface area (TPSA) is 60.8 Å². The Morgan fingerprint density at radius 3 is 2.43 bits per heavy atom. The number of ether oxygens (including phenoxy) is 2. The summed E-state index contributed by atoms with van der Waals surface area (Å²) in [6, 6.07) is 16.3. The number of carbonyl (C=O) groups is 1. The van der Waals surface area contributed by atoms with Gasteiger partial charge in [-0.05, 0) is 50.2 Å². The van der Waals surface area contributed by atoms with Gasteiger partial charge in [-0.25, -0.2) is 0 Å². The molecule has 28 heavy (non-hydrogen) atoms. The highest BCUT2D eigenvalue weighted by atomic mass is 16.5. The van der Waals surface area contributed by atoms with Crippen LogP contribution in [0.2, 0.25) is 0 Å². The van der Waals surface area contributed by atoms with E-state index < -0.39 is 0 Å². The monoisotopic (exact) mass is 380 g/mol. The van der Waals surface area contributed by atoms with Gasteiger partial charge in [-0.3, -0.25) is 9.59 Å². The number of fused-ring (bicyclic) bond motifs is 1. The number of anilines is 1. The van der Waals surface area contributed by atoms with Crippen LogP contribution in [0.5, 0.6) is 11.5 Å². The Labute approximate surface area is 163 Å². The first-order valence-electron chi connectivity index (χ1n) is 9.28. The van der Waals surface area contributed by atoms with Gasteiger partial charge in [0.15, 0.2) is 6.61 Å². The van der Waals surface area contributed by atoms with Crippen LogP contribution < -0.4 is 19.9 Å². The number of aromatic nitrogens is 1. The summed E-state index contributed by atoms with van der Waals surface area (Å²) in [5, 5.41) is 0.809. The summed E-state index contributed by atoms with van der Waals surface area (Å²) in [5.41, 5.74) is 1.41. The number of benzene rings is 2. The molecule has 0 aliphatic heterocycles. The van der Waals surface area contributed by atoms with E-state index in [4.69, 9.17) is 9.47 Å². The van der Waals surface area contributed by atoms with E-state index in [1.165, 1.54) is 6.07 Å². The number of nitrogens with zero attached hydrogens (tertiary/aromatic N) is 2. The summed E-state index contributed by atoms with van der Waals surface area (Å²) in [4.78, 5) is 26.7. The molecule has 1 aromatic heterocycles.